The number of rotatable bonds is 4. The van der Waals surface area contributed by atoms with Crippen LogP contribution in [0.5, 0.6) is 0 Å². The van der Waals surface area contributed by atoms with E-state index in [0.29, 0.717) is 0 Å². The quantitative estimate of drug-likeness (QED) is 0.647. The highest BCUT2D eigenvalue weighted by molar-refractivity contribution is 6.23. The second-order valence-corrected chi connectivity index (χ2v) is 8.48. The summed E-state index contributed by atoms with van der Waals surface area (Å²) in [5.74, 6) is -2.02. The van der Waals surface area contributed by atoms with Gasteiger partial charge in [-0.15, -0.1) is 0 Å². The van der Waals surface area contributed by atoms with Crippen LogP contribution in [0.2, 0.25) is 0 Å². The largest absolute Gasteiger partial charge is 0.382 e. The minimum absolute atomic E-state index is 0.0978. The van der Waals surface area contributed by atoms with Crippen LogP contribution < -0.4 is 16.4 Å². The number of nitrogens with two attached hydrogens (primary N) is 1. The first-order valence-corrected chi connectivity index (χ1v) is 10.3. The van der Waals surface area contributed by atoms with Gasteiger partial charge in [0.15, 0.2) is 0 Å². The fourth-order valence-corrected chi connectivity index (χ4v) is 4.72. The van der Waals surface area contributed by atoms with Crippen molar-refractivity contribution in [3.8, 4) is 0 Å². The zero-order chi connectivity index (χ0) is 21.8. The number of hydrogen-bond acceptors (Lipinski definition) is 6. The molecule has 158 valence electrons. The van der Waals surface area contributed by atoms with Gasteiger partial charge in [0.25, 0.3) is 11.8 Å². The van der Waals surface area contributed by atoms with Gasteiger partial charge in [-0.05, 0) is 43.0 Å². The molecule has 2 aliphatic heterocycles. The van der Waals surface area contributed by atoms with E-state index < -0.39 is 29.7 Å². The highest BCUT2D eigenvalue weighted by Crippen LogP contribution is 2.41. The van der Waals surface area contributed by atoms with Gasteiger partial charge in [0.05, 0.1) is 11.1 Å². The topological polar surface area (TPSA) is 122 Å². The molecule has 8 heteroatoms. The summed E-state index contributed by atoms with van der Waals surface area (Å²) in [5, 5.41) is 5.59. The van der Waals surface area contributed by atoms with Gasteiger partial charge in [0.2, 0.25) is 11.8 Å². The van der Waals surface area contributed by atoms with E-state index >= 15 is 0 Å². The molecule has 4 N–H and O–H groups in total. The van der Waals surface area contributed by atoms with Gasteiger partial charge in [-0.3, -0.25) is 29.4 Å². The number of benzene rings is 2. The maximum absolute atomic E-state index is 12.9. The van der Waals surface area contributed by atoms with Crippen molar-refractivity contribution in [3.05, 3.63) is 65.2 Å². The summed E-state index contributed by atoms with van der Waals surface area (Å²) in [6.45, 7) is 0. The van der Waals surface area contributed by atoms with E-state index in [1.807, 2.05) is 30.3 Å². The van der Waals surface area contributed by atoms with Crippen LogP contribution in [-0.4, -0.2) is 40.6 Å². The summed E-state index contributed by atoms with van der Waals surface area (Å²) in [6.07, 6.45) is 1.74. The standard InChI is InChI=1S/C23H22N4O4/c24-23(13-4-2-1-3-5-13)11-15(12-23)25-14-6-7-16-17(10-14)22(31)27(21(16)30)18-8-9-19(28)26-20(18)29/h1-7,10,15,18,25H,8-9,11-12,24H2,(H,26,28,29). The zero-order valence-electron chi connectivity index (χ0n) is 16.8. The van der Waals surface area contributed by atoms with E-state index in [1.54, 1.807) is 18.2 Å². The molecule has 2 fully saturated rings. The highest BCUT2D eigenvalue weighted by Gasteiger charge is 2.45. The lowest BCUT2D eigenvalue weighted by Gasteiger charge is -2.46. The van der Waals surface area contributed by atoms with Crippen LogP contribution in [0, 0.1) is 0 Å². The molecule has 0 spiro atoms. The molecule has 1 unspecified atom stereocenters. The number of carbonyl (C=O) groups excluding carboxylic acids is 4. The van der Waals surface area contributed by atoms with Crippen LogP contribution in [-0.2, 0) is 15.1 Å². The zero-order valence-corrected chi connectivity index (χ0v) is 16.8. The Morgan fingerprint density at radius 3 is 2.39 bits per heavy atom. The lowest BCUT2D eigenvalue weighted by atomic mass is 9.69. The smallest absolute Gasteiger partial charge is 0.262 e. The normalized spacial score (nSPS) is 27.6. The second-order valence-electron chi connectivity index (χ2n) is 8.48. The second kappa shape index (κ2) is 7.02. The average molecular weight is 418 g/mol. The first-order valence-electron chi connectivity index (χ1n) is 10.3. The molecular weight excluding hydrogens is 396 g/mol. The first kappa shape index (κ1) is 19.4. The van der Waals surface area contributed by atoms with E-state index in [-0.39, 0.29) is 35.5 Å². The molecule has 1 aliphatic carbocycles. The minimum atomic E-state index is -0.961. The molecule has 3 aliphatic rings. The molecule has 0 aromatic heterocycles. The fraction of sp³-hybridized carbons (Fsp3) is 0.304. The minimum Gasteiger partial charge on any atom is -0.382 e. The van der Waals surface area contributed by atoms with Crippen LogP contribution >= 0.6 is 0 Å². The van der Waals surface area contributed by atoms with E-state index in [9.17, 15) is 19.2 Å². The highest BCUT2D eigenvalue weighted by atomic mass is 16.2. The van der Waals surface area contributed by atoms with E-state index in [2.05, 4.69) is 10.6 Å². The Morgan fingerprint density at radius 2 is 1.68 bits per heavy atom. The van der Waals surface area contributed by atoms with Crippen molar-refractivity contribution >= 4 is 29.3 Å². The molecule has 1 saturated carbocycles. The molecule has 2 heterocycles. The Kier molecular flexibility index (Phi) is 4.40. The first-order chi connectivity index (χ1) is 14.9. The number of fused-ring (bicyclic) bond motifs is 1. The number of nitrogens with one attached hydrogen (secondary N) is 2. The van der Waals surface area contributed by atoms with Gasteiger partial charge < -0.3 is 11.1 Å². The molecule has 4 amide bonds. The molecule has 31 heavy (non-hydrogen) atoms. The summed E-state index contributed by atoms with van der Waals surface area (Å²) >= 11 is 0. The van der Waals surface area contributed by atoms with Crippen molar-refractivity contribution in [3.63, 3.8) is 0 Å². The van der Waals surface area contributed by atoms with Gasteiger partial charge >= 0.3 is 0 Å². The molecule has 0 bridgehead atoms. The van der Waals surface area contributed by atoms with Crippen molar-refractivity contribution in [1.82, 2.24) is 10.2 Å². The summed E-state index contributed by atoms with van der Waals surface area (Å²) in [5.41, 5.74) is 8.51. The van der Waals surface area contributed by atoms with Crippen molar-refractivity contribution in [2.75, 3.05) is 5.32 Å². The fourth-order valence-electron chi connectivity index (χ4n) is 4.72. The van der Waals surface area contributed by atoms with Gasteiger partial charge in [-0.25, -0.2) is 0 Å². The van der Waals surface area contributed by atoms with Crippen LogP contribution in [0.3, 0.4) is 0 Å². The monoisotopic (exact) mass is 418 g/mol. The van der Waals surface area contributed by atoms with Crippen molar-refractivity contribution in [2.24, 2.45) is 5.73 Å². The summed E-state index contributed by atoms with van der Waals surface area (Å²) < 4.78 is 0. The third kappa shape index (κ3) is 3.19. The molecule has 8 nitrogen and oxygen atoms in total. The third-order valence-corrected chi connectivity index (χ3v) is 6.38. The van der Waals surface area contributed by atoms with Crippen LogP contribution in [0.15, 0.2) is 48.5 Å². The number of piperidine rings is 1. The third-order valence-electron chi connectivity index (χ3n) is 6.38. The van der Waals surface area contributed by atoms with Gasteiger partial charge in [-0.2, -0.15) is 0 Å². The Morgan fingerprint density at radius 1 is 0.968 bits per heavy atom. The van der Waals surface area contributed by atoms with Crippen molar-refractivity contribution in [1.29, 1.82) is 0 Å². The van der Waals surface area contributed by atoms with Crippen LogP contribution in [0.25, 0.3) is 0 Å². The SMILES string of the molecule is NC1(c2ccccc2)CC(Nc2ccc3c(c2)C(=O)N(C2CCC(=O)NC2=O)C3=O)C1. The number of carbonyl (C=O) groups is 4. The summed E-state index contributed by atoms with van der Waals surface area (Å²) in [6, 6.07) is 14.2. The van der Waals surface area contributed by atoms with E-state index in [1.165, 1.54) is 0 Å². The van der Waals surface area contributed by atoms with Gasteiger partial charge in [0.1, 0.15) is 6.04 Å². The number of amides is 4. The average Bonchev–Trinajstić information content (AvgIpc) is 2.98. The van der Waals surface area contributed by atoms with Gasteiger partial charge in [0, 0.05) is 23.7 Å². The molecule has 2 aromatic rings. The lowest BCUT2D eigenvalue weighted by molar-refractivity contribution is -0.136. The molecule has 1 atom stereocenters. The van der Waals surface area contributed by atoms with Crippen molar-refractivity contribution in [2.45, 2.75) is 43.3 Å². The summed E-state index contributed by atoms with van der Waals surface area (Å²) in [7, 11) is 0. The Hall–Kier alpha value is -3.52. The molecule has 2 aromatic carbocycles. The molecule has 1 saturated heterocycles. The maximum atomic E-state index is 12.9. The Balaban J connectivity index is 1.30. The number of hydrogen-bond donors (Lipinski definition) is 3. The van der Waals surface area contributed by atoms with Crippen molar-refractivity contribution < 1.29 is 19.2 Å². The molecule has 0 radical (unpaired) electrons. The van der Waals surface area contributed by atoms with Crippen LogP contribution in [0.4, 0.5) is 5.69 Å². The summed E-state index contributed by atoms with van der Waals surface area (Å²) in [4.78, 5) is 50.3. The maximum Gasteiger partial charge on any atom is 0.262 e. The van der Waals surface area contributed by atoms with E-state index in [4.69, 9.17) is 5.73 Å². The Bertz CT molecular complexity index is 1110. The molecular formula is C23H22N4O4. The predicted octanol–water partition coefficient (Wildman–Crippen LogP) is 1.52. The Labute approximate surface area is 178 Å². The van der Waals surface area contributed by atoms with Crippen LogP contribution in [0.1, 0.15) is 52.0 Å². The number of nitrogens with zero attached hydrogens (tertiary/aromatic N) is 1. The van der Waals surface area contributed by atoms with Gasteiger partial charge in [-0.1, -0.05) is 30.3 Å². The number of anilines is 1. The predicted molar refractivity (Wildman–Crippen MR) is 112 cm³/mol. The number of imide groups is 2. The van der Waals surface area contributed by atoms with E-state index in [0.717, 1.165) is 29.0 Å². The molecule has 5 rings (SSSR count). The lowest BCUT2D eigenvalue weighted by Crippen LogP contribution is -2.54.